The van der Waals surface area contributed by atoms with Crippen LogP contribution in [0, 0.1) is 6.92 Å². The molecule has 0 amide bonds. The maximum absolute atomic E-state index is 4.42. The molecule has 0 saturated carbocycles. The Kier molecular flexibility index (Phi) is 2.19. The van der Waals surface area contributed by atoms with Crippen molar-refractivity contribution in [1.29, 1.82) is 0 Å². The zero-order chi connectivity index (χ0) is 12.8. The summed E-state index contributed by atoms with van der Waals surface area (Å²) in [4.78, 5) is 13.1. The molecule has 3 nitrogen and oxygen atoms in total. The van der Waals surface area contributed by atoms with Gasteiger partial charge in [0.15, 0.2) is 0 Å². The number of hydrogen-bond acceptors (Lipinski definition) is 3. The Morgan fingerprint density at radius 1 is 1.21 bits per heavy atom. The summed E-state index contributed by atoms with van der Waals surface area (Å²) in [5.41, 5.74) is 3.33. The van der Waals surface area contributed by atoms with Crippen molar-refractivity contribution in [1.82, 2.24) is 15.0 Å². The molecule has 0 saturated heterocycles. The second-order valence-electron chi connectivity index (χ2n) is 4.64. The van der Waals surface area contributed by atoms with Gasteiger partial charge in [0, 0.05) is 40.6 Å². The fraction of sp³-hybridized carbons (Fsp3) is 0.0667. The van der Waals surface area contributed by atoms with Crippen LogP contribution < -0.4 is 0 Å². The maximum Gasteiger partial charge on any atom is 0.137 e. The number of nitrogens with zero attached hydrogens (tertiary/aromatic N) is 2. The van der Waals surface area contributed by atoms with Gasteiger partial charge in [-0.3, -0.25) is 4.98 Å². The van der Waals surface area contributed by atoms with Crippen LogP contribution in [0.25, 0.3) is 31.6 Å². The molecule has 4 heteroatoms. The monoisotopic (exact) mass is 265 g/mol. The first kappa shape index (κ1) is 10.7. The van der Waals surface area contributed by atoms with E-state index in [1.54, 1.807) is 11.3 Å². The summed E-state index contributed by atoms with van der Waals surface area (Å²) in [5, 5.41) is 2.42. The lowest BCUT2D eigenvalue weighted by Gasteiger charge is -1.95. The van der Waals surface area contributed by atoms with Gasteiger partial charge in [-0.05, 0) is 36.1 Å². The first-order chi connectivity index (χ1) is 9.31. The lowest BCUT2D eigenvalue weighted by Crippen LogP contribution is -1.78. The van der Waals surface area contributed by atoms with Crippen LogP contribution >= 0.6 is 11.3 Å². The van der Waals surface area contributed by atoms with E-state index < -0.39 is 0 Å². The lowest BCUT2D eigenvalue weighted by molar-refractivity contribution is 1.29. The highest BCUT2D eigenvalue weighted by molar-refractivity contribution is 7.22. The van der Waals surface area contributed by atoms with Gasteiger partial charge in [0.05, 0.1) is 4.70 Å². The third-order valence-corrected chi connectivity index (χ3v) is 4.37. The molecular formula is C15H11N3S. The van der Waals surface area contributed by atoms with Gasteiger partial charge >= 0.3 is 0 Å². The molecule has 4 heterocycles. The van der Waals surface area contributed by atoms with E-state index in [0.29, 0.717) is 0 Å². The Hall–Kier alpha value is -2.20. The van der Waals surface area contributed by atoms with Gasteiger partial charge in [0.1, 0.15) is 5.65 Å². The Bertz CT molecular complexity index is 856. The van der Waals surface area contributed by atoms with Crippen molar-refractivity contribution < 1.29 is 0 Å². The molecule has 0 aliphatic heterocycles. The summed E-state index contributed by atoms with van der Waals surface area (Å²) >= 11 is 1.77. The van der Waals surface area contributed by atoms with Gasteiger partial charge in [0.2, 0.25) is 0 Å². The third-order valence-electron chi connectivity index (χ3n) is 3.26. The number of aromatic nitrogens is 3. The van der Waals surface area contributed by atoms with Crippen LogP contribution in [0.1, 0.15) is 5.56 Å². The SMILES string of the molecule is Cc1cnc2[nH]cc(-c3cc4ccncc4s3)c2c1. The number of hydrogen-bond donors (Lipinski definition) is 1. The molecule has 4 aromatic heterocycles. The molecule has 0 fully saturated rings. The highest BCUT2D eigenvalue weighted by atomic mass is 32.1. The fourth-order valence-electron chi connectivity index (χ4n) is 2.33. The summed E-state index contributed by atoms with van der Waals surface area (Å²) in [6.45, 7) is 2.07. The summed E-state index contributed by atoms with van der Waals surface area (Å²) in [7, 11) is 0. The predicted octanol–water partition coefficient (Wildman–Crippen LogP) is 4.15. The number of aromatic amines is 1. The molecular weight excluding hydrogens is 254 g/mol. The van der Waals surface area contributed by atoms with Gasteiger partial charge in [-0.15, -0.1) is 11.3 Å². The first-order valence-corrected chi connectivity index (χ1v) is 6.90. The van der Waals surface area contributed by atoms with Crippen molar-refractivity contribution >= 4 is 32.5 Å². The van der Waals surface area contributed by atoms with Crippen LogP contribution in [0.3, 0.4) is 0 Å². The first-order valence-electron chi connectivity index (χ1n) is 6.09. The van der Waals surface area contributed by atoms with E-state index in [2.05, 4.69) is 34.0 Å². The summed E-state index contributed by atoms with van der Waals surface area (Å²) in [5.74, 6) is 0. The van der Waals surface area contributed by atoms with Gasteiger partial charge in [-0.1, -0.05) is 0 Å². The van der Waals surface area contributed by atoms with E-state index in [9.17, 15) is 0 Å². The predicted molar refractivity (Wildman–Crippen MR) is 79.4 cm³/mol. The molecule has 0 aliphatic carbocycles. The maximum atomic E-state index is 4.42. The van der Waals surface area contributed by atoms with E-state index in [0.717, 1.165) is 5.65 Å². The van der Waals surface area contributed by atoms with Crippen LogP contribution in [0.15, 0.2) is 43.0 Å². The smallest absolute Gasteiger partial charge is 0.137 e. The molecule has 92 valence electrons. The molecule has 0 spiro atoms. The number of pyridine rings is 2. The molecule has 0 aromatic carbocycles. The second kappa shape index (κ2) is 3.90. The Morgan fingerprint density at radius 3 is 3.05 bits per heavy atom. The van der Waals surface area contributed by atoms with Crippen molar-refractivity contribution in [3.05, 3.63) is 48.5 Å². The zero-order valence-corrected chi connectivity index (χ0v) is 11.2. The fourth-order valence-corrected chi connectivity index (χ4v) is 3.39. The molecule has 4 aromatic rings. The van der Waals surface area contributed by atoms with E-state index in [-0.39, 0.29) is 0 Å². The van der Waals surface area contributed by atoms with E-state index in [4.69, 9.17) is 0 Å². The third kappa shape index (κ3) is 1.64. The molecule has 1 N–H and O–H groups in total. The van der Waals surface area contributed by atoms with Gasteiger partial charge in [-0.2, -0.15) is 0 Å². The minimum absolute atomic E-state index is 0.941. The number of thiophene rings is 1. The highest BCUT2D eigenvalue weighted by Gasteiger charge is 2.10. The van der Waals surface area contributed by atoms with Crippen molar-refractivity contribution in [3.8, 4) is 10.4 Å². The standard InChI is InChI=1S/C15H11N3S/c1-9-4-11-12(7-18-15(11)17-6-9)13-5-10-2-3-16-8-14(10)19-13/h2-8H,1H3,(H,17,18). The Labute approximate surface area is 114 Å². The molecule has 0 radical (unpaired) electrons. The van der Waals surface area contributed by atoms with Crippen LogP contribution in [0.5, 0.6) is 0 Å². The molecule has 0 aliphatic rings. The average Bonchev–Trinajstić information content (AvgIpc) is 3.00. The molecule has 19 heavy (non-hydrogen) atoms. The second-order valence-corrected chi connectivity index (χ2v) is 5.72. The van der Waals surface area contributed by atoms with Crippen LogP contribution in [0.4, 0.5) is 0 Å². The van der Waals surface area contributed by atoms with Gasteiger partial charge in [0.25, 0.3) is 0 Å². The summed E-state index contributed by atoms with van der Waals surface area (Å²) < 4.78 is 1.22. The van der Waals surface area contributed by atoms with Gasteiger partial charge in [-0.25, -0.2) is 4.98 Å². The average molecular weight is 265 g/mol. The largest absolute Gasteiger partial charge is 0.345 e. The molecule has 4 rings (SSSR count). The zero-order valence-electron chi connectivity index (χ0n) is 10.3. The van der Waals surface area contributed by atoms with Crippen LogP contribution in [0.2, 0.25) is 0 Å². The topological polar surface area (TPSA) is 41.6 Å². The number of rotatable bonds is 1. The van der Waals surface area contributed by atoms with Crippen molar-refractivity contribution in [2.75, 3.05) is 0 Å². The van der Waals surface area contributed by atoms with Crippen molar-refractivity contribution in [3.63, 3.8) is 0 Å². The van der Waals surface area contributed by atoms with E-state index >= 15 is 0 Å². The highest BCUT2D eigenvalue weighted by Crippen LogP contribution is 2.36. The van der Waals surface area contributed by atoms with Crippen LogP contribution in [-0.4, -0.2) is 15.0 Å². The summed E-state index contributed by atoms with van der Waals surface area (Å²) in [6, 6.07) is 6.44. The Balaban J connectivity index is 2.00. The lowest BCUT2D eigenvalue weighted by atomic mass is 10.1. The molecule has 0 bridgehead atoms. The molecule has 0 atom stereocenters. The van der Waals surface area contributed by atoms with Gasteiger partial charge < -0.3 is 4.98 Å². The number of aryl methyl sites for hydroxylation is 1. The van der Waals surface area contributed by atoms with E-state index in [1.807, 2.05) is 30.9 Å². The number of nitrogens with one attached hydrogen (secondary N) is 1. The minimum Gasteiger partial charge on any atom is -0.345 e. The van der Waals surface area contributed by atoms with Crippen molar-refractivity contribution in [2.45, 2.75) is 6.92 Å². The van der Waals surface area contributed by atoms with Crippen LogP contribution in [-0.2, 0) is 0 Å². The summed E-state index contributed by atoms with van der Waals surface area (Å²) in [6.07, 6.45) is 7.67. The minimum atomic E-state index is 0.941. The molecule has 0 unspecified atom stereocenters. The van der Waals surface area contributed by atoms with E-state index in [1.165, 1.54) is 31.5 Å². The quantitative estimate of drug-likeness (QED) is 0.561. The Morgan fingerprint density at radius 2 is 2.16 bits per heavy atom. The number of H-pyrrole nitrogens is 1. The normalized spacial score (nSPS) is 11.4. The van der Waals surface area contributed by atoms with Crippen molar-refractivity contribution in [2.24, 2.45) is 0 Å². The number of fused-ring (bicyclic) bond motifs is 2.